The van der Waals surface area contributed by atoms with Gasteiger partial charge in [-0.2, -0.15) is 5.26 Å². The third kappa shape index (κ3) is 4.22. The molecule has 0 aromatic heterocycles. The van der Waals surface area contributed by atoms with Crippen LogP contribution in [0.2, 0.25) is 5.02 Å². The summed E-state index contributed by atoms with van der Waals surface area (Å²) in [4.78, 5) is 0. The van der Waals surface area contributed by atoms with Gasteiger partial charge in [0.15, 0.2) is 0 Å². The van der Waals surface area contributed by atoms with Gasteiger partial charge in [-0.1, -0.05) is 29.8 Å². The van der Waals surface area contributed by atoms with Gasteiger partial charge in [0, 0.05) is 11.4 Å². The first-order valence-electron chi connectivity index (χ1n) is 6.64. The van der Waals surface area contributed by atoms with Gasteiger partial charge in [0.2, 0.25) is 0 Å². The first-order chi connectivity index (χ1) is 10.0. The molecular weight excluding hydrogens is 286 g/mol. The van der Waals surface area contributed by atoms with Gasteiger partial charge in [-0.25, -0.2) is 0 Å². The third-order valence-electron chi connectivity index (χ3n) is 3.23. The van der Waals surface area contributed by atoms with Crippen molar-refractivity contribution in [2.24, 2.45) is 0 Å². The van der Waals surface area contributed by atoms with Gasteiger partial charge in [-0.3, -0.25) is 0 Å². The molecule has 2 aromatic rings. The molecule has 0 amide bonds. The highest BCUT2D eigenvalue weighted by atomic mass is 35.5. The molecule has 4 heteroatoms. The number of ether oxygens (including phenoxy) is 1. The Labute approximate surface area is 129 Å². The Kier molecular flexibility index (Phi) is 4.85. The second-order valence-corrected chi connectivity index (χ2v) is 5.45. The largest absolute Gasteiger partial charge is 0.457 e. The molecule has 108 valence electrons. The first kappa shape index (κ1) is 15.4. The van der Waals surface area contributed by atoms with Crippen molar-refractivity contribution in [2.45, 2.75) is 25.4 Å². The van der Waals surface area contributed by atoms with E-state index in [1.807, 2.05) is 18.2 Å². The van der Waals surface area contributed by atoms with E-state index >= 15 is 0 Å². The van der Waals surface area contributed by atoms with Crippen LogP contribution in [-0.2, 0) is 5.60 Å². The van der Waals surface area contributed by atoms with Gasteiger partial charge < -0.3 is 9.84 Å². The Morgan fingerprint density at radius 3 is 2.52 bits per heavy atom. The number of nitrogens with zero attached hydrogens (tertiary/aromatic N) is 1. The molecule has 0 spiro atoms. The van der Waals surface area contributed by atoms with Gasteiger partial charge in [0.05, 0.1) is 11.7 Å². The van der Waals surface area contributed by atoms with Crippen LogP contribution in [0.5, 0.6) is 11.5 Å². The summed E-state index contributed by atoms with van der Waals surface area (Å²) in [5.74, 6) is 1.32. The summed E-state index contributed by atoms with van der Waals surface area (Å²) in [6.07, 6.45) is 0.714. The van der Waals surface area contributed by atoms with Crippen molar-refractivity contribution >= 4 is 11.6 Å². The monoisotopic (exact) mass is 301 g/mol. The lowest BCUT2D eigenvalue weighted by molar-refractivity contribution is 0.0492. The normalized spacial score (nSPS) is 13.2. The number of halogens is 1. The highest BCUT2D eigenvalue weighted by molar-refractivity contribution is 6.30. The molecule has 1 N–H and O–H groups in total. The van der Waals surface area contributed by atoms with Crippen LogP contribution in [0.3, 0.4) is 0 Å². The molecule has 2 aromatic carbocycles. The van der Waals surface area contributed by atoms with E-state index in [1.165, 1.54) is 0 Å². The maximum absolute atomic E-state index is 10.3. The fraction of sp³-hybridized carbons (Fsp3) is 0.235. The van der Waals surface area contributed by atoms with E-state index in [0.717, 1.165) is 5.56 Å². The van der Waals surface area contributed by atoms with Crippen LogP contribution in [0.1, 0.15) is 25.3 Å². The number of aliphatic hydroxyl groups is 1. The predicted octanol–water partition coefficient (Wildman–Crippen LogP) is 4.64. The average molecular weight is 302 g/mol. The quantitative estimate of drug-likeness (QED) is 0.875. The van der Waals surface area contributed by atoms with Crippen LogP contribution < -0.4 is 4.74 Å². The summed E-state index contributed by atoms with van der Waals surface area (Å²) in [7, 11) is 0. The summed E-state index contributed by atoms with van der Waals surface area (Å²) >= 11 is 5.91. The van der Waals surface area contributed by atoms with Crippen LogP contribution in [-0.4, -0.2) is 5.11 Å². The standard InChI is InChI=1S/C17H16ClNO2/c1-17(20,10-3-11-19)13-6-8-15(9-7-13)21-16-5-2-4-14(18)12-16/h2,4-9,12,20H,3,10H2,1H3. The van der Waals surface area contributed by atoms with E-state index in [1.54, 1.807) is 43.3 Å². The average Bonchev–Trinajstić information content (AvgIpc) is 2.46. The topological polar surface area (TPSA) is 53.2 Å². The van der Waals surface area contributed by atoms with Gasteiger partial charge in [0.1, 0.15) is 11.5 Å². The number of rotatable bonds is 5. The number of nitriles is 1. The highest BCUT2D eigenvalue weighted by Gasteiger charge is 2.22. The molecule has 0 aliphatic heterocycles. The molecule has 1 atom stereocenters. The van der Waals surface area contributed by atoms with Crippen molar-refractivity contribution in [3.8, 4) is 17.6 Å². The van der Waals surface area contributed by atoms with Crippen LogP contribution in [0.15, 0.2) is 48.5 Å². The Morgan fingerprint density at radius 2 is 1.90 bits per heavy atom. The fourth-order valence-corrected chi connectivity index (χ4v) is 2.17. The van der Waals surface area contributed by atoms with Gasteiger partial charge in [0.25, 0.3) is 0 Å². The molecule has 1 unspecified atom stereocenters. The molecule has 3 nitrogen and oxygen atoms in total. The SMILES string of the molecule is CC(O)(CCC#N)c1ccc(Oc2cccc(Cl)c2)cc1. The van der Waals surface area contributed by atoms with Crippen LogP contribution in [0.4, 0.5) is 0 Å². The smallest absolute Gasteiger partial charge is 0.128 e. The van der Waals surface area contributed by atoms with Crippen LogP contribution in [0.25, 0.3) is 0 Å². The zero-order chi connectivity index (χ0) is 15.3. The zero-order valence-electron chi connectivity index (χ0n) is 11.7. The molecule has 0 heterocycles. The highest BCUT2D eigenvalue weighted by Crippen LogP contribution is 2.29. The molecule has 21 heavy (non-hydrogen) atoms. The molecule has 0 aliphatic carbocycles. The predicted molar refractivity (Wildman–Crippen MR) is 82.4 cm³/mol. The fourth-order valence-electron chi connectivity index (χ4n) is 1.99. The van der Waals surface area contributed by atoms with E-state index < -0.39 is 5.60 Å². The number of hydrogen-bond donors (Lipinski definition) is 1. The Morgan fingerprint density at radius 1 is 1.19 bits per heavy atom. The van der Waals surface area contributed by atoms with Crippen molar-refractivity contribution in [1.29, 1.82) is 5.26 Å². The van der Waals surface area contributed by atoms with Crippen LogP contribution in [0, 0.1) is 11.3 Å². The lowest BCUT2D eigenvalue weighted by Gasteiger charge is -2.22. The summed E-state index contributed by atoms with van der Waals surface area (Å²) in [6.45, 7) is 1.71. The second kappa shape index (κ2) is 6.62. The summed E-state index contributed by atoms with van der Waals surface area (Å²) in [5, 5.41) is 19.6. The molecule has 0 saturated heterocycles. The molecule has 0 bridgehead atoms. The molecule has 0 radical (unpaired) electrons. The lowest BCUT2D eigenvalue weighted by atomic mass is 9.91. The van der Waals surface area contributed by atoms with Crippen molar-refractivity contribution in [3.63, 3.8) is 0 Å². The first-order valence-corrected chi connectivity index (χ1v) is 7.02. The number of benzene rings is 2. The molecule has 0 fully saturated rings. The Bertz CT molecular complexity index is 645. The van der Waals surface area contributed by atoms with Crippen molar-refractivity contribution < 1.29 is 9.84 Å². The Balaban J connectivity index is 2.10. The van der Waals surface area contributed by atoms with E-state index in [2.05, 4.69) is 0 Å². The molecule has 2 rings (SSSR count). The summed E-state index contributed by atoms with van der Waals surface area (Å²) < 4.78 is 5.69. The minimum atomic E-state index is -1.01. The Hall–Kier alpha value is -2.02. The zero-order valence-corrected chi connectivity index (χ0v) is 12.5. The molecule has 0 aliphatic rings. The van der Waals surface area contributed by atoms with Crippen molar-refractivity contribution in [1.82, 2.24) is 0 Å². The van der Waals surface area contributed by atoms with Crippen molar-refractivity contribution in [3.05, 3.63) is 59.1 Å². The number of hydrogen-bond acceptors (Lipinski definition) is 3. The minimum Gasteiger partial charge on any atom is -0.457 e. The maximum atomic E-state index is 10.3. The van der Waals surface area contributed by atoms with E-state index in [0.29, 0.717) is 29.4 Å². The lowest BCUT2D eigenvalue weighted by Crippen LogP contribution is -2.20. The van der Waals surface area contributed by atoms with Gasteiger partial charge >= 0.3 is 0 Å². The molecule has 0 saturated carbocycles. The van der Waals surface area contributed by atoms with E-state index in [4.69, 9.17) is 21.6 Å². The third-order valence-corrected chi connectivity index (χ3v) is 3.47. The van der Waals surface area contributed by atoms with Gasteiger partial charge in [-0.05, 0) is 49.2 Å². The van der Waals surface area contributed by atoms with Crippen LogP contribution >= 0.6 is 11.6 Å². The van der Waals surface area contributed by atoms with E-state index in [-0.39, 0.29) is 0 Å². The second-order valence-electron chi connectivity index (χ2n) is 5.02. The summed E-state index contributed by atoms with van der Waals surface area (Å²) in [5.41, 5.74) is -0.249. The van der Waals surface area contributed by atoms with Gasteiger partial charge in [-0.15, -0.1) is 0 Å². The minimum absolute atomic E-state index is 0.313. The summed E-state index contributed by atoms with van der Waals surface area (Å²) in [6, 6.07) is 16.4. The molecular formula is C17H16ClNO2. The maximum Gasteiger partial charge on any atom is 0.128 e. The van der Waals surface area contributed by atoms with E-state index in [9.17, 15) is 5.11 Å². The van der Waals surface area contributed by atoms with Crippen molar-refractivity contribution in [2.75, 3.05) is 0 Å².